The maximum absolute atomic E-state index is 6.66. The molecular formula is C12H21Cl9Si3. The smallest absolute Gasteiger partial charge is 0.124 e. The molecule has 0 heterocycles. The van der Waals surface area contributed by atoms with Gasteiger partial charge in [0.15, 0.2) is 0 Å². The van der Waals surface area contributed by atoms with Gasteiger partial charge in [0, 0.05) is 45.7 Å². The van der Waals surface area contributed by atoms with Crippen molar-refractivity contribution in [1.29, 1.82) is 0 Å². The van der Waals surface area contributed by atoms with Crippen molar-refractivity contribution in [1.82, 2.24) is 0 Å². The van der Waals surface area contributed by atoms with Gasteiger partial charge in [0.1, 0.15) is 13.0 Å². The third kappa shape index (κ3) is 5.44. The lowest BCUT2D eigenvalue weighted by molar-refractivity contribution is 0.144. The minimum absolute atomic E-state index is 0.0527. The fourth-order valence-corrected chi connectivity index (χ4v) is 6.55. The summed E-state index contributed by atoms with van der Waals surface area (Å²) in [5.41, 5.74) is 0. The molecule has 1 aliphatic carbocycles. The van der Waals surface area contributed by atoms with E-state index < -0.39 is 13.0 Å². The molecule has 6 atom stereocenters. The molecule has 0 aromatic heterocycles. The van der Waals surface area contributed by atoms with Crippen LogP contribution in [0.5, 0.6) is 0 Å². The van der Waals surface area contributed by atoms with Crippen LogP contribution in [-0.2, 0) is 0 Å². The molecule has 1 fully saturated rings. The third-order valence-corrected chi connectivity index (χ3v) is 15.3. The zero-order valence-electron chi connectivity index (χ0n) is 13.5. The van der Waals surface area contributed by atoms with E-state index in [9.17, 15) is 0 Å². The summed E-state index contributed by atoms with van der Waals surface area (Å²) in [7, 11) is 1.93. The van der Waals surface area contributed by atoms with Crippen molar-refractivity contribution >= 4 is 135 Å². The van der Waals surface area contributed by atoms with Crippen LogP contribution in [0.3, 0.4) is 0 Å². The highest BCUT2D eigenvalue weighted by Crippen LogP contribution is 2.58. The van der Waals surface area contributed by atoms with Crippen LogP contribution < -0.4 is 0 Å². The van der Waals surface area contributed by atoms with E-state index in [2.05, 4.69) is 0 Å². The minimum atomic E-state index is -1.17. The number of rotatable bonds is 6. The van der Waals surface area contributed by atoms with E-state index in [-0.39, 0.29) is 32.8 Å². The Morgan fingerprint density at radius 1 is 0.625 bits per heavy atom. The number of hydrogen-bond acceptors (Lipinski definition) is 0. The average molecular weight is 569 g/mol. The first-order chi connectivity index (χ1) is 10.7. The third-order valence-electron chi connectivity index (χ3n) is 4.97. The lowest BCUT2D eigenvalue weighted by Crippen LogP contribution is -2.53. The Kier molecular flexibility index (Phi) is 9.89. The second-order valence-corrected chi connectivity index (χ2v) is 18.6. The topological polar surface area (TPSA) is 0 Å². The van der Waals surface area contributed by atoms with Gasteiger partial charge in [0.2, 0.25) is 0 Å². The van der Waals surface area contributed by atoms with Gasteiger partial charge >= 0.3 is 0 Å². The molecule has 0 spiro atoms. The van der Waals surface area contributed by atoms with Crippen LogP contribution in [0, 0.1) is 17.8 Å². The second-order valence-electron chi connectivity index (χ2n) is 6.59. The van der Waals surface area contributed by atoms with E-state index in [0.29, 0.717) is 43.6 Å². The van der Waals surface area contributed by atoms with Gasteiger partial charge in [-0.2, -0.15) is 0 Å². The molecule has 0 aliphatic heterocycles. The van der Waals surface area contributed by atoms with Crippen LogP contribution in [0.2, 0.25) is 0 Å². The van der Waals surface area contributed by atoms with Crippen molar-refractivity contribution < 1.29 is 0 Å². The van der Waals surface area contributed by atoms with E-state index >= 15 is 0 Å². The zero-order valence-corrected chi connectivity index (χ0v) is 26.3. The molecule has 12 heteroatoms. The molecule has 144 valence electrons. The summed E-state index contributed by atoms with van der Waals surface area (Å²) in [4.78, 5) is 0. The summed E-state index contributed by atoms with van der Waals surface area (Å²) in [6.45, 7) is 0. The first kappa shape index (κ1) is 25.3. The van der Waals surface area contributed by atoms with Gasteiger partial charge < -0.3 is 0 Å². The van der Waals surface area contributed by atoms with E-state index in [1.807, 2.05) is 0 Å². The van der Waals surface area contributed by atoms with Crippen LogP contribution in [0.25, 0.3) is 0 Å². The van der Waals surface area contributed by atoms with Gasteiger partial charge in [-0.25, -0.2) is 0 Å². The van der Waals surface area contributed by atoms with Crippen molar-refractivity contribution in [2.24, 2.45) is 17.8 Å². The monoisotopic (exact) mass is 564 g/mol. The molecule has 0 bridgehead atoms. The Labute approximate surface area is 198 Å². The second kappa shape index (κ2) is 9.38. The lowest BCUT2D eigenvalue weighted by atomic mass is 9.70. The molecule has 0 N–H and O–H groups in total. The van der Waals surface area contributed by atoms with Gasteiger partial charge in [0.25, 0.3) is 0 Å². The van der Waals surface area contributed by atoms with Crippen molar-refractivity contribution in [2.45, 2.75) is 47.3 Å². The molecule has 6 unspecified atom stereocenters. The van der Waals surface area contributed by atoms with Crippen LogP contribution in [0.1, 0.15) is 19.3 Å². The number of hydrogen-bond donors (Lipinski definition) is 0. The summed E-state index contributed by atoms with van der Waals surface area (Å²) < 4.78 is -3.32. The highest BCUT2D eigenvalue weighted by molar-refractivity contribution is 6.60. The quantitative estimate of drug-likeness (QED) is 0.341. The summed E-state index contributed by atoms with van der Waals surface area (Å²) in [6, 6.07) is 0. The van der Waals surface area contributed by atoms with Crippen molar-refractivity contribution in [3.8, 4) is 0 Å². The van der Waals surface area contributed by atoms with E-state index in [4.69, 9.17) is 104 Å². The molecule has 1 rings (SSSR count). The average Bonchev–Trinajstić information content (AvgIpc) is 2.45. The molecule has 0 amide bonds. The Balaban J connectivity index is 3.23. The molecular weight excluding hydrogens is 547 g/mol. The molecule has 1 aliphatic rings. The van der Waals surface area contributed by atoms with Gasteiger partial charge in [-0.15, -0.1) is 104 Å². The molecule has 0 saturated heterocycles. The summed E-state index contributed by atoms with van der Waals surface area (Å²) in [6.07, 6.45) is 1.98. The van der Waals surface area contributed by atoms with E-state index in [1.165, 1.54) is 0 Å². The predicted octanol–water partition coefficient (Wildman–Crippen LogP) is 3.33. The molecule has 0 nitrogen and oxygen atoms in total. The van der Waals surface area contributed by atoms with E-state index in [1.54, 1.807) is 0 Å². The fraction of sp³-hybridized carbons (Fsp3) is 1.00. The Hall–Kier alpha value is 3.26. The highest BCUT2D eigenvalue weighted by atomic mass is 35.5. The number of alkyl halides is 9. The van der Waals surface area contributed by atoms with Gasteiger partial charge in [-0.1, -0.05) is 0 Å². The van der Waals surface area contributed by atoms with Gasteiger partial charge in [0.05, 0.1) is 0 Å². The first-order valence-corrected chi connectivity index (χ1v) is 14.8. The van der Waals surface area contributed by atoms with Gasteiger partial charge in [-0.05, 0) is 37.0 Å². The van der Waals surface area contributed by atoms with Crippen LogP contribution in [-0.4, -0.2) is 58.7 Å². The molecule has 0 aromatic carbocycles. The SMILES string of the molecule is [SiH3]C(Cl)C(Cl)(Cl)C1CCC(C(Cl)(Cl)C([SiH3])Cl)C(C(Cl)(Cl)C([SiH3])Cl)C1. The number of halogens is 9. The van der Waals surface area contributed by atoms with Crippen molar-refractivity contribution in [3.05, 3.63) is 0 Å². The lowest BCUT2D eigenvalue weighted by Gasteiger charge is -2.50. The Morgan fingerprint density at radius 2 is 1.00 bits per heavy atom. The highest BCUT2D eigenvalue weighted by Gasteiger charge is 2.56. The summed E-state index contributed by atoms with van der Waals surface area (Å²) in [5, 5.41) is -1.00. The summed E-state index contributed by atoms with van der Waals surface area (Å²) >= 11 is 58.5. The van der Waals surface area contributed by atoms with Crippen molar-refractivity contribution in [2.75, 3.05) is 0 Å². The predicted molar refractivity (Wildman–Crippen MR) is 126 cm³/mol. The maximum atomic E-state index is 6.66. The van der Waals surface area contributed by atoms with Crippen molar-refractivity contribution in [3.63, 3.8) is 0 Å². The molecule has 1 saturated carbocycles. The zero-order chi connectivity index (χ0) is 19.1. The first-order valence-electron chi connectivity index (χ1n) is 7.72. The normalized spacial score (nSPS) is 31.1. The molecule has 0 aromatic rings. The maximum Gasteiger partial charge on any atom is 0.134 e. The van der Waals surface area contributed by atoms with Gasteiger partial charge in [-0.3, -0.25) is 0 Å². The van der Waals surface area contributed by atoms with Crippen LogP contribution in [0.4, 0.5) is 0 Å². The summed E-state index contributed by atoms with van der Waals surface area (Å²) in [5.74, 6) is -0.504. The standard InChI is InChI=1S/C12H21Cl9Si3/c13-7(22)10(16,17)4-1-2-5(11(18,19)8(14)23)6(3-4)12(20,21)9(15)24/h4-9H,1-3H2,22-24H3. The van der Waals surface area contributed by atoms with Crippen LogP contribution >= 0.6 is 104 Å². The van der Waals surface area contributed by atoms with E-state index in [0.717, 1.165) is 6.42 Å². The molecule has 24 heavy (non-hydrogen) atoms. The minimum Gasteiger partial charge on any atom is -0.124 e. The largest absolute Gasteiger partial charge is 0.134 e. The van der Waals surface area contributed by atoms with Crippen LogP contribution in [0.15, 0.2) is 0 Å². The Bertz CT molecular complexity index is 428. The molecule has 0 radical (unpaired) electrons. The fourth-order valence-electron chi connectivity index (χ4n) is 3.32. The Morgan fingerprint density at radius 3 is 1.38 bits per heavy atom.